The number of morpholine rings is 1. The van der Waals surface area contributed by atoms with Crippen molar-refractivity contribution in [2.75, 3.05) is 32.8 Å². The number of halogens is 1. The molecule has 0 aliphatic carbocycles. The summed E-state index contributed by atoms with van der Waals surface area (Å²) in [5, 5.41) is 0.717. The van der Waals surface area contributed by atoms with Crippen LogP contribution in [0.1, 0.15) is 24.8 Å². The fourth-order valence-corrected chi connectivity index (χ4v) is 3.09. The van der Waals surface area contributed by atoms with Crippen molar-refractivity contribution in [3.8, 4) is 11.5 Å². The van der Waals surface area contributed by atoms with Crippen LogP contribution in [0.25, 0.3) is 0 Å². The summed E-state index contributed by atoms with van der Waals surface area (Å²) in [6, 6.07) is 15.8. The van der Waals surface area contributed by atoms with E-state index < -0.39 is 0 Å². The summed E-state index contributed by atoms with van der Waals surface area (Å²) < 4.78 is 11.5. The maximum atomic E-state index is 6.09. The molecule has 0 N–H and O–H groups in total. The van der Waals surface area contributed by atoms with E-state index in [0.29, 0.717) is 5.92 Å². The SMILES string of the molecule is CC(CCN1CCOCC1)c1ccccc1Oc1ccc(Cl)cc1. The van der Waals surface area contributed by atoms with Crippen molar-refractivity contribution in [2.45, 2.75) is 19.3 Å². The molecule has 1 heterocycles. The lowest BCUT2D eigenvalue weighted by Crippen LogP contribution is -2.37. The maximum absolute atomic E-state index is 6.09. The van der Waals surface area contributed by atoms with Crippen LogP contribution in [0, 0.1) is 0 Å². The first-order chi connectivity index (χ1) is 11.7. The largest absolute Gasteiger partial charge is 0.457 e. The van der Waals surface area contributed by atoms with Crippen LogP contribution in [-0.2, 0) is 4.74 Å². The van der Waals surface area contributed by atoms with E-state index in [9.17, 15) is 0 Å². The molecule has 0 aromatic heterocycles. The smallest absolute Gasteiger partial charge is 0.130 e. The summed E-state index contributed by atoms with van der Waals surface area (Å²) in [4.78, 5) is 2.47. The summed E-state index contributed by atoms with van der Waals surface area (Å²) in [5.74, 6) is 2.18. The molecule has 1 atom stereocenters. The Labute approximate surface area is 149 Å². The number of para-hydroxylation sites is 1. The van der Waals surface area contributed by atoms with Gasteiger partial charge >= 0.3 is 0 Å². The molecule has 3 nitrogen and oxygen atoms in total. The number of benzene rings is 2. The van der Waals surface area contributed by atoms with Crippen LogP contribution >= 0.6 is 11.6 Å². The van der Waals surface area contributed by atoms with Gasteiger partial charge in [0.2, 0.25) is 0 Å². The second-order valence-electron chi connectivity index (χ2n) is 6.24. The van der Waals surface area contributed by atoms with Crippen LogP contribution in [0.5, 0.6) is 11.5 Å². The second-order valence-corrected chi connectivity index (χ2v) is 6.67. The number of ether oxygens (including phenoxy) is 2. The van der Waals surface area contributed by atoms with E-state index in [4.69, 9.17) is 21.1 Å². The average molecular weight is 346 g/mol. The van der Waals surface area contributed by atoms with Crippen LogP contribution in [0.4, 0.5) is 0 Å². The lowest BCUT2D eigenvalue weighted by molar-refractivity contribution is 0.0367. The molecule has 1 saturated heterocycles. The van der Waals surface area contributed by atoms with Crippen molar-refractivity contribution in [1.29, 1.82) is 0 Å². The van der Waals surface area contributed by atoms with Gasteiger partial charge in [-0.15, -0.1) is 0 Å². The molecule has 1 fully saturated rings. The number of hydrogen-bond donors (Lipinski definition) is 0. The highest BCUT2D eigenvalue weighted by Crippen LogP contribution is 2.32. The molecule has 1 unspecified atom stereocenters. The molecule has 0 spiro atoms. The lowest BCUT2D eigenvalue weighted by Gasteiger charge is -2.28. The van der Waals surface area contributed by atoms with Crippen molar-refractivity contribution in [3.05, 3.63) is 59.1 Å². The van der Waals surface area contributed by atoms with E-state index in [-0.39, 0.29) is 0 Å². The highest BCUT2D eigenvalue weighted by molar-refractivity contribution is 6.30. The van der Waals surface area contributed by atoms with Crippen molar-refractivity contribution in [3.63, 3.8) is 0 Å². The van der Waals surface area contributed by atoms with Crippen molar-refractivity contribution >= 4 is 11.6 Å². The molecule has 2 aromatic rings. The molecule has 4 heteroatoms. The van der Waals surface area contributed by atoms with E-state index in [2.05, 4.69) is 24.0 Å². The van der Waals surface area contributed by atoms with Gasteiger partial charge in [0.15, 0.2) is 0 Å². The Bertz CT molecular complexity index is 638. The molecule has 0 bridgehead atoms. The van der Waals surface area contributed by atoms with Crippen molar-refractivity contribution in [2.24, 2.45) is 0 Å². The third-order valence-electron chi connectivity index (χ3n) is 4.47. The molecule has 3 rings (SSSR count). The predicted molar refractivity (Wildman–Crippen MR) is 98.3 cm³/mol. The van der Waals surface area contributed by atoms with E-state index in [0.717, 1.165) is 55.8 Å². The summed E-state index contributed by atoms with van der Waals surface area (Å²) in [7, 11) is 0. The third kappa shape index (κ3) is 4.73. The van der Waals surface area contributed by atoms with Crippen molar-refractivity contribution < 1.29 is 9.47 Å². The van der Waals surface area contributed by atoms with Gasteiger partial charge in [0.1, 0.15) is 11.5 Å². The Kier molecular flexibility index (Phi) is 6.13. The van der Waals surface area contributed by atoms with Gasteiger partial charge < -0.3 is 9.47 Å². The fourth-order valence-electron chi connectivity index (χ4n) is 2.97. The molecule has 128 valence electrons. The van der Waals surface area contributed by atoms with Crippen LogP contribution in [0.3, 0.4) is 0 Å². The zero-order chi connectivity index (χ0) is 16.8. The monoisotopic (exact) mass is 345 g/mol. The summed E-state index contributed by atoms with van der Waals surface area (Å²) in [5.41, 5.74) is 1.25. The minimum Gasteiger partial charge on any atom is -0.457 e. The lowest BCUT2D eigenvalue weighted by atomic mass is 9.96. The molecular formula is C20H24ClNO2. The first-order valence-corrected chi connectivity index (χ1v) is 8.92. The average Bonchev–Trinajstić information content (AvgIpc) is 2.63. The first kappa shape index (κ1) is 17.3. The minimum absolute atomic E-state index is 0.441. The van der Waals surface area contributed by atoms with Gasteiger partial charge in [-0.2, -0.15) is 0 Å². The Morgan fingerprint density at radius 2 is 1.79 bits per heavy atom. The van der Waals surface area contributed by atoms with Gasteiger partial charge in [-0.05, 0) is 54.8 Å². The quantitative estimate of drug-likeness (QED) is 0.738. The molecule has 1 aliphatic heterocycles. The Morgan fingerprint density at radius 1 is 1.08 bits per heavy atom. The zero-order valence-electron chi connectivity index (χ0n) is 14.1. The zero-order valence-corrected chi connectivity index (χ0v) is 14.8. The highest BCUT2D eigenvalue weighted by Gasteiger charge is 2.15. The van der Waals surface area contributed by atoms with Crippen LogP contribution in [0.2, 0.25) is 5.02 Å². The molecule has 0 amide bonds. The topological polar surface area (TPSA) is 21.7 Å². The molecule has 0 saturated carbocycles. The fraction of sp³-hybridized carbons (Fsp3) is 0.400. The molecular weight excluding hydrogens is 322 g/mol. The van der Waals surface area contributed by atoms with Gasteiger partial charge in [0.25, 0.3) is 0 Å². The normalized spacial score (nSPS) is 16.8. The third-order valence-corrected chi connectivity index (χ3v) is 4.73. The van der Waals surface area contributed by atoms with Gasteiger partial charge in [0.05, 0.1) is 13.2 Å². The van der Waals surface area contributed by atoms with Gasteiger partial charge in [0, 0.05) is 18.1 Å². The summed E-state index contributed by atoms with van der Waals surface area (Å²) in [6.07, 6.45) is 1.11. The molecule has 24 heavy (non-hydrogen) atoms. The molecule has 0 radical (unpaired) electrons. The summed E-state index contributed by atoms with van der Waals surface area (Å²) >= 11 is 5.94. The van der Waals surface area contributed by atoms with Crippen LogP contribution < -0.4 is 4.74 Å². The number of rotatable bonds is 6. The standard InChI is InChI=1S/C20H24ClNO2/c1-16(10-11-22-12-14-23-15-13-22)19-4-2-3-5-20(19)24-18-8-6-17(21)7-9-18/h2-9,16H,10-15H2,1H3. The highest BCUT2D eigenvalue weighted by atomic mass is 35.5. The number of nitrogens with zero attached hydrogens (tertiary/aromatic N) is 1. The second kappa shape index (κ2) is 8.52. The van der Waals surface area contributed by atoms with Crippen molar-refractivity contribution in [1.82, 2.24) is 4.90 Å². The van der Waals surface area contributed by atoms with E-state index in [1.54, 1.807) is 0 Å². The van der Waals surface area contributed by atoms with Gasteiger partial charge in [-0.1, -0.05) is 36.7 Å². The summed E-state index contributed by atoms with van der Waals surface area (Å²) in [6.45, 7) is 7.14. The predicted octanol–water partition coefficient (Wildman–Crippen LogP) is 4.96. The Morgan fingerprint density at radius 3 is 2.54 bits per heavy atom. The number of hydrogen-bond acceptors (Lipinski definition) is 3. The molecule has 2 aromatic carbocycles. The molecule has 1 aliphatic rings. The van der Waals surface area contributed by atoms with Gasteiger partial charge in [-0.3, -0.25) is 4.90 Å². The van der Waals surface area contributed by atoms with E-state index >= 15 is 0 Å². The maximum Gasteiger partial charge on any atom is 0.130 e. The van der Waals surface area contributed by atoms with Gasteiger partial charge in [-0.25, -0.2) is 0 Å². The van der Waals surface area contributed by atoms with Crippen LogP contribution in [0.15, 0.2) is 48.5 Å². The Hall–Kier alpha value is -1.55. The van der Waals surface area contributed by atoms with Crippen LogP contribution in [-0.4, -0.2) is 37.7 Å². The minimum atomic E-state index is 0.441. The van der Waals surface area contributed by atoms with E-state index in [1.807, 2.05) is 36.4 Å². The Balaban J connectivity index is 1.65. The first-order valence-electron chi connectivity index (χ1n) is 8.55. The van der Waals surface area contributed by atoms with E-state index in [1.165, 1.54) is 5.56 Å².